The van der Waals surface area contributed by atoms with E-state index in [1.807, 2.05) is 6.07 Å². The second kappa shape index (κ2) is 21.8. The zero-order valence-electron chi connectivity index (χ0n) is 24.8. The Balaban J connectivity index is 3.00. The van der Waals surface area contributed by atoms with Crippen molar-refractivity contribution >= 4 is 25.2 Å². The monoisotopic (exact) mass is 596 g/mol. The minimum absolute atomic E-state index is 0.537. The van der Waals surface area contributed by atoms with Crippen LogP contribution in [0.1, 0.15) is 147 Å². The summed E-state index contributed by atoms with van der Waals surface area (Å²) in [5.41, 5.74) is 0.247. The topological polar surface area (TPSA) is 0 Å². The molecule has 1 unspecified atom stereocenters. The summed E-state index contributed by atoms with van der Waals surface area (Å²) in [6.07, 6.45) is 23.4. The Hall–Kier alpha value is 0.160. The Morgan fingerprint density at radius 3 is 1.42 bits per heavy atom. The van der Waals surface area contributed by atoms with Gasteiger partial charge in [0.15, 0.2) is 0 Å². The Morgan fingerprint density at radius 2 is 1.03 bits per heavy atom. The van der Waals surface area contributed by atoms with Crippen molar-refractivity contribution in [3.63, 3.8) is 0 Å². The molecule has 0 spiro atoms. The zero-order chi connectivity index (χ0) is 28.1. The molecule has 0 aliphatic carbocycles. The Kier molecular flexibility index (Phi) is 20.8. The molecule has 0 aliphatic rings. The van der Waals surface area contributed by atoms with Gasteiger partial charge < -0.3 is 0 Å². The molecule has 1 aromatic rings. The van der Waals surface area contributed by atoms with Gasteiger partial charge in [-0.25, -0.2) is 0 Å². The molecular formula is C32H58ClF3P2. The molecule has 0 N–H and O–H groups in total. The first-order valence-corrected chi connectivity index (χ1v) is 21.8. The average molecular weight is 597 g/mol. The molecule has 0 nitrogen and oxygen atoms in total. The fourth-order valence-corrected chi connectivity index (χ4v) is 18.5. The van der Waals surface area contributed by atoms with E-state index in [0.29, 0.717) is 6.16 Å². The number of alkyl halides is 3. The summed E-state index contributed by atoms with van der Waals surface area (Å²) in [5.74, 6) is 0. The van der Waals surface area contributed by atoms with Crippen molar-refractivity contribution in [2.75, 3.05) is 18.5 Å². The molecule has 38 heavy (non-hydrogen) atoms. The maximum absolute atomic E-state index is 13.4. The van der Waals surface area contributed by atoms with Crippen LogP contribution >= 0.6 is 25.2 Å². The van der Waals surface area contributed by atoms with Crippen molar-refractivity contribution in [1.82, 2.24) is 0 Å². The third kappa shape index (κ3) is 15.8. The van der Waals surface area contributed by atoms with Crippen molar-refractivity contribution < 1.29 is 13.2 Å². The van der Waals surface area contributed by atoms with Crippen molar-refractivity contribution in [3.8, 4) is 0 Å². The van der Waals surface area contributed by atoms with Crippen LogP contribution < -0.4 is 0 Å². The van der Waals surface area contributed by atoms with Gasteiger partial charge in [-0.1, -0.05) is 0 Å². The summed E-state index contributed by atoms with van der Waals surface area (Å²) in [7, 11) is 0. The van der Waals surface area contributed by atoms with Crippen LogP contribution in [0.3, 0.4) is 0 Å². The molecule has 0 radical (unpaired) electrons. The molecule has 1 aromatic carbocycles. The first-order chi connectivity index (χ1) is 18.3. The number of unbranched alkanes of at least 4 members (excludes halogenated alkanes) is 15. The maximum atomic E-state index is 13.4. The minimum atomic E-state index is -4.30. The summed E-state index contributed by atoms with van der Waals surface area (Å²) in [5, 5.41) is 0. The van der Waals surface area contributed by atoms with Crippen LogP contribution in [-0.4, -0.2) is 18.5 Å². The van der Waals surface area contributed by atoms with Gasteiger partial charge in [-0.15, -0.1) is 0 Å². The summed E-state index contributed by atoms with van der Waals surface area (Å²) in [6.45, 7) is 4.18. The van der Waals surface area contributed by atoms with Crippen molar-refractivity contribution in [2.24, 2.45) is 0 Å². The van der Waals surface area contributed by atoms with Gasteiger partial charge in [-0.3, -0.25) is 0 Å². The summed E-state index contributed by atoms with van der Waals surface area (Å²) < 4.78 is 40.2. The first kappa shape index (κ1) is 36.2. The van der Waals surface area contributed by atoms with Crippen LogP contribution in [0.4, 0.5) is 13.2 Å². The van der Waals surface area contributed by atoms with Gasteiger partial charge in [0, 0.05) is 0 Å². The van der Waals surface area contributed by atoms with Crippen molar-refractivity contribution in [2.45, 2.75) is 149 Å². The molecule has 0 aromatic heterocycles. The molecule has 224 valence electrons. The molecular weight excluding hydrogens is 539 g/mol. The number of hydrogen-bond donors (Lipinski definition) is 0. The van der Waals surface area contributed by atoms with Crippen LogP contribution in [0.2, 0.25) is 0 Å². The zero-order valence-corrected chi connectivity index (χ0v) is 27.5. The summed E-state index contributed by atoms with van der Waals surface area (Å²) in [4.78, 5) is 0. The van der Waals surface area contributed by atoms with Crippen LogP contribution in [0.25, 0.3) is 0 Å². The van der Waals surface area contributed by atoms with Crippen LogP contribution in [0.15, 0.2) is 24.3 Å². The van der Waals surface area contributed by atoms with Gasteiger partial charge in [0.2, 0.25) is 0 Å². The standard InChI is InChI=1S/C32H58ClF3P2/c1-4-7-10-13-16-19-25-38(26-20-17-14-11-8-5-2,27-21-18-15-12-9-6-3)37(33)29-30-23-22-24-31(28-30)32(34,35)36/h22-24,28,38H,4-21,25-27,29H2,1-3H3. The first-order valence-electron chi connectivity index (χ1n) is 15.9. The van der Waals surface area contributed by atoms with Gasteiger partial charge in [-0.05, 0) is 0 Å². The van der Waals surface area contributed by atoms with E-state index in [2.05, 4.69) is 20.8 Å². The van der Waals surface area contributed by atoms with Gasteiger partial charge in [0.25, 0.3) is 0 Å². The number of hydrogen-bond acceptors (Lipinski definition) is 0. The van der Waals surface area contributed by atoms with Gasteiger partial charge in [0.05, 0.1) is 0 Å². The quantitative estimate of drug-likeness (QED) is 0.0822. The molecule has 0 amide bonds. The Morgan fingerprint density at radius 1 is 0.632 bits per heavy atom. The molecule has 0 saturated heterocycles. The molecule has 1 rings (SSSR count). The van der Waals surface area contributed by atoms with Crippen molar-refractivity contribution in [3.05, 3.63) is 35.4 Å². The van der Waals surface area contributed by atoms with E-state index in [9.17, 15) is 13.2 Å². The fraction of sp³-hybridized carbons (Fsp3) is 0.812. The second-order valence-electron chi connectivity index (χ2n) is 11.5. The van der Waals surface area contributed by atoms with E-state index < -0.39 is 25.7 Å². The average Bonchev–Trinajstić information content (AvgIpc) is 2.89. The van der Waals surface area contributed by atoms with Crippen molar-refractivity contribution in [1.29, 1.82) is 0 Å². The predicted octanol–water partition coefficient (Wildman–Crippen LogP) is 13.6. The van der Waals surface area contributed by atoms with E-state index in [-0.39, 0.29) is 0 Å². The summed E-state index contributed by atoms with van der Waals surface area (Å²) >= 11 is 7.44. The van der Waals surface area contributed by atoms with Gasteiger partial charge in [0.1, 0.15) is 0 Å². The Bertz CT molecular complexity index is 655. The summed E-state index contributed by atoms with van der Waals surface area (Å²) in [6, 6.07) is 5.98. The molecule has 0 aliphatic heterocycles. The van der Waals surface area contributed by atoms with Crippen LogP contribution in [0.5, 0.6) is 0 Å². The van der Waals surface area contributed by atoms with Crippen LogP contribution in [-0.2, 0) is 12.3 Å². The number of benzene rings is 1. The normalized spacial score (nSPS) is 13.7. The molecule has 0 saturated carbocycles. The van der Waals surface area contributed by atoms with Crippen LogP contribution in [0, 0.1) is 0 Å². The molecule has 0 heterocycles. The number of halogens is 4. The second-order valence-corrected chi connectivity index (χ2v) is 23.0. The van der Waals surface area contributed by atoms with Gasteiger partial charge >= 0.3 is 241 Å². The SMILES string of the molecule is CCCCCCCC[PH](CCCCCCCC)(CCCCCCCC)P(Cl)Cc1cccc(C(F)(F)F)c1. The van der Waals surface area contributed by atoms with Gasteiger partial charge in [-0.2, -0.15) is 0 Å². The Labute approximate surface area is 240 Å². The number of rotatable bonds is 24. The molecule has 6 heteroatoms. The predicted molar refractivity (Wildman–Crippen MR) is 171 cm³/mol. The fourth-order valence-electron chi connectivity index (χ4n) is 5.62. The van der Waals surface area contributed by atoms with E-state index in [0.717, 1.165) is 5.56 Å². The third-order valence-corrected chi connectivity index (χ3v) is 22.8. The molecule has 1 atom stereocenters. The van der Waals surface area contributed by atoms with E-state index in [1.54, 1.807) is 6.07 Å². The van der Waals surface area contributed by atoms with E-state index in [4.69, 9.17) is 11.2 Å². The third-order valence-electron chi connectivity index (χ3n) is 8.08. The molecule has 0 fully saturated rings. The van der Waals surface area contributed by atoms with E-state index >= 15 is 0 Å². The molecule has 0 bridgehead atoms. The van der Waals surface area contributed by atoms with E-state index in [1.165, 1.54) is 146 Å².